The van der Waals surface area contributed by atoms with Gasteiger partial charge in [0.05, 0.1) is 0 Å². The average molecular weight is 421 g/mol. The van der Waals surface area contributed by atoms with Gasteiger partial charge < -0.3 is 16.0 Å². The lowest BCUT2D eigenvalue weighted by molar-refractivity contribution is 0.0953. The third-order valence-electron chi connectivity index (χ3n) is 3.67. The Bertz CT molecular complexity index is 749. The first-order valence-electron chi connectivity index (χ1n) is 8.32. The predicted molar refractivity (Wildman–Crippen MR) is 106 cm³/mol. The van der Waals surface area contributed by atoms with E-state index < -0.39 is 0 Å². The van der Waals surface area contributed by atoms with Crippen molar-refractivity contribution in [2.75, 3.05) is 20.1 Å². The number of hydrogen-bond acceptors (Lipinski definition) is 2. The van der Waals surface area contributed by atoms with Crippen LogP contribution < -0.4 is 16.0 Å². The SMILES string of the molecule is CN=C(NCCCNC(=O)c1ccc(Br)cc1)NCc1ccccc1F. The second-order valence-electron chi connectivity index (χ2n) is 5.56. The van der Waals surface area contributed by atoms with Gasteiger partial charge in [-0.1, -0.05) is 34.1 Å². The van der Waals surface area contributed by atoms with Gasteiger partial charge in [0, 0.05) is 42.3 Å². The van der Waals surface area contributed by atoms with Crippen LogP contribution in [0.3, 0.4) is 0 Å². The minimum Gasteiger partial charge on any atom is -0.356 e. The van der Waals surface area contributed by atoms with Gasteiger partial charge in [-0.3, -0.25) is 9.79 Å². The molecule has 0 aliphatic carbocycles. The highest BCUT2D eigenvalue weighted by Gasteiger charge is 2.05. The number of benzene rings is 2. The number of nitrogens with one attached hydrogen (secondary N) is 3. The molecule has 0 spiro atoms. The molecule has 0 aliphatic rings. The van der Waals surface area contributed by atoms with Crippen LogP contribution in [0.1, 0.15) is 22.3 Å². The topological polar surface area (TPSA) is 65.5 Å². The van der Waals surface area contributed by atoms with E-state index in [4.69, 9.17) is 0 Å². The van der Waals surface area contributed by atoms with Crippen molar-refractivity contribution in [3.8, 4) is 0 Å². The van der Waals surface area contributed by atoms with E-state index >= 15 is 0 Å². The summed E-state index contributed by atoms with van der Waals surface area (Å²) >= 11 is 3.34. The summed E-state index contributed by atoms with van der Waals surface area (Å²) in [6, 6.07) is 13.8. The monoisotopic (exact) mass is 420 g/mol. The van der Waals surface area contributed by atoms with Gasteiger partial charge in [0.2, 0.25) is 0 Å². The van der Waals surface area contributed by atoms with E-state index in [-0.39, 0.29) is 11.7 Å². The number of carbonyl (C=O) groups is 1. The third kappa shape index (κ3) is 6.48. The lowest BCUT2D eigenvalue weighted by atomic mass is 10.2. The molecule has 0 atom stereocenters. The maximum absolute atomic E-state index is 13.6. The molecule has 0 fully saturated rings. The van der Waals surface area contributed by atoms with Crippen molar-refractivity contribution in [2.45, 2.75) is 13.0 Å². The Hall–Kier alpha value is -2.41. The minimum atomic E-state index is -0.244. The summed E-state index contributed by atoms with van der Waals surface area (Å²) in [6.07, 6.45) is 0.739. The number of nitrogens with zero attached hydrogens (tertiary/aromatic N) is 1. The molecule has 26 heavy (non-hydrogen) atoms. The fourth-order valence-corrected chi connectivity index (χ4v) is 2.51. The number of halogens is 2. The van der Waals surface area contributed by atoms with Crippen LogP contribution in [0, 0.1) is 5.82 Å². The molecule has 1 amide bonds. The van der Waals surface area contributed by atoms with Crippen LogP contribution in [-0.4, -0.2) is 32.0 Å². The zero-order chi connectivity index (χ0) is 18.8. The molecule has 7 heteroatoms. The fraction of sp³-hybridized carbons (Fsp3) is 0.263. The van der Waals surface area contributed by atoms with Crippen LogP contribution in [-0.2, 0) is 6.54 Å². The van der Waals surface area contributed by atoms with Crippen molar-refractivity contribution in [3.05, 3.63) is 69.9 Å². The Balaban J connectivity index is 1.65. The van der Waals surface area contributed by atoms with E-state index in [1.807, 2.05) is 12.1 Å². The van der Waals surface area contributed by atoms with E-state index in [2.05, 4.69) is 36.9 Å². The minimum absolute atomic E-state index is 0.0976. The highest BCUT2D eigenvalue weighted by molar-refractivity contribution is 9.10. The van der Waals surface area contributed by atoms with Crippen molar-refractivity contribution in [1.82, 2.24) is 16.0 Å². The Kier molecular flexibility index (Phi) is 8.08. The van der Waals surface area contributed by atoms with Crippen molar-refractivity contribution in [1.29, 1.82) is 0 Å². The smallest absolute Gasteiger partial charge is 0.251 e. The first-order chi connectivity index (χ1) is 12.6. The van der Waals surface area contributed by atoms with Crippen molar-refractivity contribution < 1.29 is 9.18 Å². The number of hydrogen-bond donors (Lipinski definition) is 3. The Morgan fingerprint density at radius 1 is 1.04 bits per heavy atom. The summed E-state index contributed by atoms with van der Waals surface area (Å²) in [5.74, 6) is 0.248. The number of carbonyl (C=O) groups excluding carboxylic acids is 1. The van der Waals surface area contributed by atoms with Crippen LogP contribution in [0.15, 0.2) is 58.0 Å². The maximum atomic E-state index is 13.6. The Labute approximate surface area is 161 Å². The molecule has 2 rings (SSSR count). The van der Waals surface area contributed by atoms with Crippen molar-refractivity contribution in [3.63, 3.8) is 0 Å². The highest BCUT2D eigenvalue weighted by Crippen LogP contribution is 2.10. The van der Waals surface area contributed by atoms with Crippen LogP contribution in [0.25, 0.3) is 0 Å². The number of amides is 1. The molecule has 0 radical (unpaired) electrons. The largest absolute Gasteiger partial charge is 0.356 e. The molecule has 3 N–H and O–H groups in total. The van der Waals surface area contributed by atoms with E-state index in [0.717, 1.165) is 10.9 Å². The lowest BCUT2D eigenvalue weighted by Crippen LogP contribution is -2.38. The van der Waals surface area contributed by atoms with Gasteiger partial charge in [0.25, 0.3) is 5.91 Å². The zero-order valence-corrected chi connectivity index (χ0v) is 16.1. The molecule has 0 aliphatic heterocycles. The zero-order valence-electron chi connectivity index (χ0n) is 14.6. The quantitative estimate of drug-likeness (QED) is 0.366. The van der Waals surface area contributed by atoms with E-state index in [9.17, 15) is 9.18 Å². The second kappa shape index (κ2) is 10.6. The number of rotatable bonds is 7. The first kappa shape index (κ1) is 19.9. The Morgan fingerprint density at radius 3 is 2.42 bits per heavy atom. The molecule has 2 aromatic carbocycles. The summed E-state index contributed by atoms with van der Waals surface area (Å²) in [5.41, 5.74) is 1.21. The van der Waals surface area contributed by atoms with Crippen molar-refractivity contribution >= 4 is 27.8 Å². The molecule has 0 heterocycles. The van der Waals surface area contributed by atoms with Crippen LogP contribution in [0.4, 0.5) is 4.39 Å². The molecular formula is C19H22BrFN4O. The molecule has 0 unspecified atom stereocenters. The van der Waals surface area contributed by atoms with Crippen molar-refractivity contribution in [2.24, 2.45) is 4.99 Å². The average Bonchev–Trinajstić information content (AvgIpc) is 2.65. The summed E-state index contributed by atoms with van der Waals surface area (Å²) in [5, 5.41) is 9.07. The maximum Gasteiger partial charge on any atom is 0.251 e. The molecule has 138 valence electrons. The fourth-order valence-electron chi connectivity index (χ4n) is 2.24. The molecular weight excluding hydrogens is 399 g/mol. The van der Waals surface area contributed by atoms with Crippen LogP contribution in [0.2, 0.25) is 0 Å². The van der Waals surface area contributed by atoms with Crippen LogP contribution in [0.5, 0.6) is 0 Å². The van der Waals surface area contributed by atoms with Gasteiger partial charge in [-0.2, -0.15) is 0 Å². The summed E-state index contributed by atoms with van der Waals surface area (Å²) in [4.78, 5) is 16.1. The third-order valence-corrected chi connectivity index (χ3v) is 4.19. The van der Waals surface area contributed by atoms with Gasteiger partial charge in [0.15, 0.2) is 5.96 Å². The molecule has 0 saturated heterocycles. The normalized spacial score (nSPS) is 11.1. The molecule has 5 nitrogen and oxygen atoms in total. The van der Waals surface area contributed by atoms with Gasteiger partial charge >= 0.3 is 0 Å². The summed E-state index contributed by atoms with van der Waals surface area (Å²) in [7, 11) is 1.66. The predicted octanol–water partition coefficient (Wildman–Crippen LogP) is 3.07. The molecule has 0 aromatic heterocycles. The lowest BCUT2D eigenvalue weighted by Gasteiger charge is -2.12. The van der Waals surface area contributed by atoms with Gasteiger partial charge in [-0.05, 0) is 36.8 Å². The van der Waals surface area contributed by atoms with E-state index in [1.165, 1.54) is 6.07 Å². The van der Waals surface area contributed by atoms with E-state index in [0.29, 0.717) is 36.7 Å². The number of aliphatic imine (C=N–C) groups is 1. The van der Waals surface area contributed by atoms with Gasteiger partial charge in [-0.25, -0.2) is 4.39 Å². The van der Waals surface area contributed by atoms with E-state index in [1.54, 1.807) is 37.4 Å². The molecule has 0 bridgehead atoms. The molecule has 2 aromatic rings. The Morgan fingerprint density at radius 2 is 1.73 bits per heavy atom. The standard InChI is InChI=1S/C19H22BrFN4O/c1-22-19(25-13-15-5-2-3-6-17(15)21)24-12-4-11-23-18(26)14-7-9-16(20)10-8-14/h2-3,5-10H,4,11-13H2,1H3,(H,23,26)(H2,22,24,25). The molecule has 0 saturated carbocycles. The van der Waals surface area contributed by atoms with Gasteiger partial charge in [0.1, 0.15) is 5.82 Å². The second-order valence-corrected chi connectivity index (χ2v) is 6.48. The number of guanidine groups is 1. The summed E-state index contributed by atoms with van der Waals surface area (Å²) in [6.45, 7) is 1.54. The first-order valence-corrected chi connectivity index (χ1v) is 9.11. The highest BCUT2D eigenvalue weighted by atomic mass is 79.9. The van der Waals surface area contributed by atoms with Gasteiger partial charge in [-0.15, -0.1) is 0 Å². The van der Waals surface area contributed by atoms with Crippen LogP contribution >= 0.6 is 15.9 Å². The summed E-state index contributed by atoms with van der Waals surface area (Å²) < 4.78 is 14.5.